The first-order valence-corrected chi connectivity index (χ1v) is 7.65. The zero-order valence-corrected chi connectivity index (χ0v) is 13.6. The molecule has 4 nitrogen and oxygen atoms in total. The highest BCUT2D eigenvalue weighted by Gasteiger charge is 2.25. The van der Waals surface area contributed by atoms with Crippen molar-refractivity contribution in [3.8, 4) is 0 Å². The molecule has 0 spiro atoms. The number of aliphatic imine (C=N–C) groups is 1. The number of unbranched alkanes of at least 4 members (excludes halogenated alkanes) is 1. The molecule has 3 N–H and O–H groups in total. The monoisotopic (exact) mass is 289 g/mol. The summed E-state index contributed by atoms with van der Waals surface area (Å²) in [6.45, 7) is 8.01. The first-order valence-electron chi connectivity index (χ1n) is 7.65. The maximum Gasteiger partial charge on any atom is 0.284 e. The molecule has 0 aliphatic heterocycles. The molecule has 0 atom stereocenters. The van der Waals surface area contributed by atoms with Crippen LogP contribution < -0.4 is 11.3 Å². The standard InChI is InChI=1S/C17H27N3O/c1-5-7-9-14(8-6-2)12(3)16(17(21)20-18)19-13(4)15-10-11-15/h6,8-9,15H,5,7,10-11,18H2,1-4H3,(H,20,21)/b8-6-,14-9+,16-12+,19-13+. The van der Waals surface area contributed by atoms with Crippen molar-refractivity contribution in [2.45, 2.75) is 53.4 Å². The van der Waals surface area contributed by atoms with E-state index >= 15 is 0 Å². The highest BCUT2D eigenvalue weighted by molar-refractivity contribution is 5.98. The van der Waals surface area contributed by atoms with Crippen LogP contribution in [0, 0.1) is 5.92 Å². The van der Waals surface area contributed by atoms with Crippen LogP contribution >= 0.6 is 0 Å². The summed E-state index contributed by atoms with van der Waals surface area (Å²) in [6, 6.07) is 0. The van der Waals surface area contributed by atoms with Gasteiger partial charge < -0.3 is 0 Å². The summed E-state index contributed by atoms with van der Waals surface area (Å²) < 4.78 is 0. The van der Waals surface area contributed by atoms with Crippen molar-refractivity contribution < 1.29 is 4.79 Å². The quantitative estimate of drug-likeness (QED) is 0.188. The van der Waals surface area contributed by atoms with Crippen LogP contribution in [-0.4, -0.2) is 11.6 Å². The zero-order chi connectivity index (χ0) is 15.8. The molecule has 0 radical (unpaired) electrons. The zero-order valence-electron chi connectivity index (χ0n) is 13.6. The van der Waals surface area contributed by atoms with Crippen molar-refractivity contribution in [3.05, 3.63) is 35.1 Å². The molecule has 0 aromatic carbocycles. The Bertz CT molecular complexity index is 494. The van der Waals surface area contributed by atoms with Gasteiger partial charge in [0.15, 0.2) is 0 Å². The molecule has 21 heavy (non-hydrogen) atoms. The molecule has 1 aliphatic rings. The topological polar surface area (TPSA) is 67.5 Å². The summed E-state index contributed by atoms with van der Waals surface area (Å²) in [5.41, 5.74) is 5.54. The number of hydrogen-bond donors (Lipinski definition) is 2. The van der Waals surface area contributed by atoms with Gasteiger partial charge in [-0.3, -0.25) is 15.2 Å². The third kappa shape index (κ3) is 5.31. The second kappa shape index (κ2) is 8.57. The lowest BCUT2D eigenvalue weighted by atomic mass is 10.0. The van der Waals surface area contributed by atoms with Crippen LogP contribution in [0.2, 0.25) is 0 Å². The highest BCUT2D eigenvalue weighted by Crippen LogP contribution is 2.31. The normalized spacial score (nSPS) is 18.0. The van der Waals surface area contributed by atoms with Gasteiger partial charge in [0.25, 0.3) is 5.91 Å². The molecule has 116 valence electrons. The predicted molar refractivity (Wildman–Crippen MR) is 88.7 cm³/mol. The molecular formula is C17H27N3O. The van der Waals surface area contributed by atoms with E-state index in [9.17, 15) is 4.79 Å². The smallest absolute Gasteiger partial charge is 0.284 e. The second-order valence-electron chi connectivity index (χ2n) is 5.42. The summed E-state index contributed by atoms with van der Waals surface area (Å²) >= 11 is 0. The molecule has 1 amide bonds. The van der Waals surface area contributed by atoms with Crippen molar-refractivity contribution in [2.75, 3.05) is 0 Å². The Hall–Kier alpha value is -1.68. The van der Waals surface area contributed by atoms with Gasteiger partial charge in [-0.1, -0.05) is 31.6 Å². The van der Waals surface area contributed by atoms with Gasteiger partial charge in [0.2, 0.25) is 0 Å². The van der Waals surface area contributed by atoms with Gasteiger partial charge in [-0.2, -0.15) is 0 Å². The third-order valence-electron chi connectivity index (χ3n) is 3.59. The van der Waals surface area contributed by atoms with Gasteiger partial charge in [0, 0.05) is 5.71 Å². The Morgan fingerprint density at radius 1 is 1.38 bits per heavy atom. The molecule has 0 saturated heterocycles. The van der Waals surface area contributed by atoms with E-state index in [1.165, 1.54) is 12.8 Å². The van der Waals surface area contributed by atoms with E-state index in [0.717, 1.165) is 29.7 Å². The maximum absolute atomic E-state index is 12.1. The highest BCUT2D eigenvalue weighted by atomic mass is 16.2. The molecule has 1 rings (SSSR count). The molecule has 1 saturated carbocycles. The van der Waals surface area contributed by atoms with Crippen molar-refractivity contribution >= 4 is 11.6 Å². The fraction of sp³-hybridized carbons (Fsp3) is 0.529. The van der Waals surface area contributed by atoms with Gasteiger partial charge in [-0.05, 0) is 57.1 Å². The molecule has 1 fully saturated rings. The first kappa shape index (κ1) is 17.4. The van der Waals surface area contributed by atoms with E-state index in [1.54, 1.807) is 0 Å². The number of amides is 1. The Kier molecular flexibility index (Phi) is 7.09. The molecule has 0 bridgehead atoms. The summed E-state index contributed by atoms with van der Waals surface area (Å²) in [4.78, 5) is 16.6. The molecule has 1 aliphatic carbocycles. The van der Waals surface area contributed by atoms with Crippen molar-refractivity contribution in [2.24, 2.45) is 16.8 Å². The number of carbonyl (C=O) groups is 1. The maximum atomic E-state index is 12.1. The van der Waals surface area contributed by atoms with Crippen LogP contribution in [0.4, 0.5) is 0 Å². The van der Waals surface area contributed by atoms with Crippen LogP contribution in [0.1, 0.15) is 53.4 Å². The van der Waals surface area contributed by atoms with Gasteiger partial charge >= 0.3 is 0 Å². The summed E-state index contributed by atoms with van der Waals surface area (Å²) in [6.07, 6.45) is 10.5. The van der Waals surface area contributed by atoms with E-state index in [-0.39, 0.29) is 5.91 Å². The van der Waals surface area contributed by atoms with Gasteiger partial charge in [-0.15, -0.1) is 0 Å². The largest absolute Gasteiger partial charge is 0.289 e. The minimum atomic E-state index is -0.334. The number of hydrogen-bond acceptors (Lipinski definition) is 3. The van der Waals surface area contributed by atoms with Crippen molar-refractivity contribution in [1.82, 2.24) is 5.43 Å². The fourth-order valence-corrected chi connectivity index (χ4v) is 2.10. The predicted octanol–water partition coefficient (Wildman–Crippen LogP) is 3.42. The van der Waals surface area contributed by atoms with E-state index in [0.29, 0.717) is 11.6 Å². The number of nitrogens with one attached hydrogen (secondary N) is 1. The van der Waals surface area contributed by atoms with E-state index in [4.69, 9.17) is 5.84 Å². The van der Waals surface area contributed by atoms with E-state index < -0.39 is 0 Å². The lowest BCUT2D eigenvalue weighted by Gasteiger charge is -2.10. The fourth-order valence-electron chi connectivity index (χ4n) is 2.10. The van der Waals surface area contributed by atoms with Crippen LogP contribution in [0.3, 0.4) is 0 Å². The third-order valence-corrected chi connectivity index (χ3v) is 3.59. The SMILES string of the molecule is C\C=C/C(=C\CCC)C(/C)=C(/N=C(\C)C1CC1)C(=O)NN. The Morgan fingerprint density at radius 3 is 2.52 bits per heavy atom. The van der Waals surface area contributed by atoms with Gasteiger partial charge in [-0.25, -0.2) is 5.84 Å². The number of allylic oxidation sites excluding steroid dienone is 5. The van der Waals surface area contributed by atoms with Crippen LogP contribution in [0.15, 0.2) is 40.1 Å². The number of carbonyl (C=O) groups excluding carboxylic acids is 1. The second-order valence-corrected chi connectivity index (χ2v) is 5.42. The first-order chi connectivity index (χ1) is 10.0. The van der Waals surface area contributed by atoms with Crippen molar-refractivity contribution in [3.63, 3.8) is 0 Å². The average Bonchev–Trinajstić information content (AvgIpc) is 3.32. The molecule has 0 aromatic heterocycles. The van der Waals surface area contributed by atoms with Gasteiger partial charge in [0.05, 0.1) is 0 Å². The Balaban J connectivity index is 3.23. The number of hydrazine groups is 1. The minimum absolute atomic E-state index is 0.334. The minimum Gasteiger partial charge on any atom is -0.289 e. The number of nitrogens with zero attached hydrogens (tertiary/aromatic N) is 1. The number of nitrogens with two attached hydrogens (primary N) is 1. The Morgan fingerprint density at radius 2 is 2.05 bits per heavy atom. The molecule has 0 aromatic rings. The number of rotatable bonds is 7. The van der Waals surface area contributed by atoms with Crippen LogP contribution in [-0.2, 0) is 4.79 Å². The summed E-state index contributed by atoms with van der Waals surface area (Å²) in [5.74, 6) is 5.51. The summed E-state index contributed by atoms with van der Waals surface area (Å²) in [7, 11) is 0. The van der Waals surface area contributed by atoms with Gasteiger partial charge in [0.1, 0.15) is 5.70 Å². The molecule has 0 heterocycles. The molecule has 0 unspecified atom stereocenters. The van der Waals surface area contributed by atoms with E-state index in [2.05, 4.69) is 23.4 Å². The van der Waals surface area contributed by atoms with Crippen LogP contribution in [0.25, 0.3) is 0 Å². The molecule has 4 heteroatoms. The molecular weight excluding hydrogens is 262 g/mol. The lowest BCUT2D eigenvalue weighted by molar-refractivity contribution is -0.117. The average molecular weight is 289 g/mol. The van der Waals surface area contributed by atoms with Crippen molar-refractivity contribution in [1.29, 1.82) is 0 Å². The van der Waals surface area contributed by atoms with E-state index in [1.807, 2.05) is 32.9 Å². The lowest BCUT2D eigenvalue weighted by Crippen LogP contribution is -2.31. The van der Waals surface area contributed by atoms with Crippen LogP contribution in [0.5, 0.6) is 0 Å². The summed E-state index contributed by atoms with van der Waals surface area (Å²) in [5, 5.41) is 0. The Labute approximate surface area is 127 Å².